The number of carbonyl (C=O) groups excluding carboxylic acids is 1. The lowest BCUT2D eigenvalue weighted by atomic mass is 9.85. The summed E-state index contributed by atoms with van der Waals surface area (Å²) < 4.78 is 34.2. The molecule has 1 aliphatic carbocycles. The van der Waals surface area contributed by atoms with Gasteiger partial charge in [-0.1, -0.05) is 167 Å². The number of esters is 1. The minimum atomic E-state index is -5.02. The Hall–Kier alpha value is -1.18. The molecule has 60 heavy (non-hydrogen) atoms. The van der Waals surface area contributed by atoms with Crippen molar-refractivity contribution in [2.75, 3.05) is 19.8 Å². The van der Waals surface area contributed by atoms with Gasteiger partial charge in [0.1, 0.15) is 42.7 Å². The molecule has 354 valence electrons. The van der Waals surface area contributed by atoms with Gasteiger partial charge in [0, 0.05) is 13.0 Å². The highest BCUT2D eigenvalue weighted by molar-refractivity contribution is 7.47. The molecule has 0 heterocycles. The second-order valence-corrected chi connectivity index (χ2v) is 18.4. The van der Waals surface area contributed by atoms with Gasteiger partial charge in [-0.2, -0.15) is 0 Å². The average Bonchev–Trinajstić information content (AvgIpc) is 3.23. The van der Waals surface area contributed by atoms with E-state index >= 15 is 0 Å². The summed E-state index contributed by atoms with van der Waals surface area (Å²) >= 11 is 0. The number of phosphoric acid groups is 1. The lowest BCUT2D eigenvalue weighted by Crippen LogP contribution is -2.64. The van der Waals surface area contributed by atoms with E-state index in [1.807, 2.05) is 0 Å². The van der Waals surface area contributed by atoms with Crippen molar-refractivity contribution in [2.24, 2.45) is 0 Å². The molecule has 12 nitrogen and oxygen atoms in total. The second kappa shape index (κ2) is 38.3. The fourth-order valence-electron chi connectivity index (χ4n) is 7.39. The van der Waals surface area contributed by atoms with Crippen molar-refractivity contribution >= 4 is 13.8 Å². The first kappa shape index (κ1) is 56.8. The molecule has 0 amide bonds. The maximum absolute atomic E-state index is 12.8. The summed E-state index contributed by atoms with van der Waals surface area (Å²) in [5.74, 6) is -0.487. The fraction of sp³-hybridized carbons (Fsp3) is 0.894. The lowest BCUT2D eigenvalue weighted by molar-refractivity contribution is -0.220. The van der Waals surface area contributed by atoms with Crippen molar-refractivity contribution in [3.63, 3.8) is 0 Å². The van der Waals surface area contributed by atoms with Crippen LogP contribution >= 0.6 is 7.82 Å². The van der Waals surface area contributed by atoms with E-state index in [0.29, 0.717) is 13.0 Å². The third-order valence-electron chi connectivity index (χ3n) is 11.3. The predicted molar refractivity (Wildman–Crippen MR) is 240 cm³/mol. The average molecular weight is 877 g/mol. The molecule has 13 heteroatoms. The smallest absolute Gasteiger partial charge is 0.457 e. The summed E-state index contributed by atoms with van der Waals surface area (Å²) in [6, 6.07) is 0. The van der Waals surface area contributed by atoms with Crippen molar-refractivity contribution in [3.8, 4) is 0 Å². The monoisotopic (exact) mass is 877 g/mol. The Morgan fingerprint density at radius 1 is 0.517 bits per heavy atom. The van der Waals surface area contributed by atoms with Gasteiger partial charge in [0.05, 0.1) is 13.2 Å². The van der Waals surface area contributed by atoms with Crippen LogP contribution in [-0.2, 0) is 27.9 Å². The standard InChI is InChI=1S/C47H89O12P/c1-3-5-7-9-11-13-15-16-17-18-19-20-21-22-23-24-25-27-29-31-33-35-37-56-38-40(58-41(48)36-34-32-30-28-26-14-12-10-8-6-4-2)39-57-60(54,55)59-47-45(52)43(50)42(49)44(51)46(47)53/h10,12,18-19,40,42-47,49-53H,3-9,11,13-17,20-39H2,1-2H3,(H,54,55)/b12-10-,19-18-. The third-order valence-corrected chi connectivity index (χ3v) is 12.3. The number of ether oxygens (including phenoxy) is 2. The molecule has 6 N–H and O–H groups in total. The highest BCUT2D eigenvalue weighted by Gasteiger charge is 2.51. The Morgan fingerprint density at radius 3 is 1.37 bits per heavy atom. The quantitative estimate of drug-likeness (QED) is 0.0148. The van der Waals surface area contributed by atoms with Crippen LogP contribution in [0.3, 0.4) is 0 Å². The van der Waals surface area contributed by atoms with Crippen LogP contribution in [0.4, 0.5) is 0 Å². The van der Waals surface area contributed by atoms with Gasteiger partial charge in [-0.3, -0.25) is 13.8 Å². The van der Waals surface area contributed by atoms with Crippen LogP contribution in [0.25, 0.3) is 0 Å². The predicted octanol–water partition coefficient (Wildman–Crippen LogP) is 10.1. The van der Waals surface area contributed by atoms with E-state index in [1.54, 1.807) is 0 Å². The number of allylic oxidation sites excluding steroid dienone is 4. The molecular weight excluding hydrogens is 787 g/mol. The van der Waals surface area contributed by atoms with E-state index in [1.165, 1.54) is 122 Å². The molecule has 0 saturated heterocycles. The van der Waals surface area contributed by atoms with Gasteiger partial charge in [0.2, 0.25) is 0 Å². The van der Waals surface area contributed by atoms with E-state index in [-0.39, 0.29) is 13.0 Å². The largest absolute Gasteiger partial charge is 0.472 e. The van der Waals surface area contributed by atoms with E-state index in [2.05, 4.69) is 38.2 Å². The van der Waals surface area contributed by atoms with Crippen LogP contribution in [-0.4, -0.2) is 98.9 Å². The van der Waals surface area contributed by atoms with Gasteiger partial charge in [0.25, 0.3) is 0 Å². The van der Waals surface area contributed by atoms with Crippen LogP contribution < -0.4 is 0 Å². The molecule has 0 spiro atoms. The molecule has 1 saturated carbocycles. The van der Waals surface area contributed by atoms with E-state index < -0.39 is 63.1 Å². The lowest BCUT2D eigenvalue weighted by Gasteiger charge is -2.41. The molecule has 0 aromatic rings. The number of aliphatic hydroxyl groups is 5. The zero-order chi connectivity index (χ0) is 44.1. The molecule has 0 aromatic heterocycles. The van der Waals surface area contributed by atoms with Gasteiger partial charge < -0.3 is 39.9 Å². The van der Waals surface area contributed by atoms with Crippen molar-refractivity contribution in [2.45, 2.75) is 249 Å². The summed E-state index contributed by atoms with van der Waals surface area (Å²) in [4.78, 5) is 23.1. The number of hydrogen-bond acceptors (Lipinski definition) is 11. The van der Waals surface area contributed by atoms with Crippen LogP contribution in [0, 0.1) is 0 Å². The van der Waals surface area contributed by atoms with Crippen molar-refractivity contribution in [1.29, 1.82) is 0 Å². The Kier molecular flexibility index (Phi) is 36.3. The zero-order valence-electron chi connectivity index (χ0n) is 37.8. The van der Waals surface area contributed by atoms with Gasteiger partial charge in [-0.15, -0.1) is 0 Å². The Balaban J connectivity index is 2.31. The van der Waals surface area contributed by atoms with E-state index in [4.69, 9.17) is 18.5 Å². The Morgan fingerprint density at radius 2 is 0.900 bits per heavy atom. The number of hydrogen-bond donors (Lipinski definition) is 6. The Labute approximate surface area is 364 Å². The molecule has 0 aliphatic heterocycles. The molecular formula is C47H89O12P. The number of phosphoric ester groups is 1. The SMILES string of the molecule is CCCC/C=C\CCCCCCCC(=O)OC(COCCCCCCCCCCCC/C=C\CCCCCCCCCC)COP(=O)(O)OC1C(O)C(O)C(O)C(O)C1O. The summed E-state index contributed by atoms with van der Waals surface area (Å²) in [6.07, 6.45) is 31.2. The molecule has 6 atom stereocenters. The molecule has 0 radical (unpaired) electrons. The topological polar surface area (TPSA) is 192 Å². The second-order valence-electron chi connectivity index (χ2n) is 17.0. The number of carbonyl (C=O) groups is 1. The zero-order valence-corrected chi connectivity index (χ0v) is 38.7. The van der Waals surface area contributed by atoms with Crippen LogP contribution in [0.15, 0.2) is 24.3 Å². The summed E-state index contributed by atoms with van der Waals surface area (Å²) in [5, 5.41) is 50.2. The third kappa shape index (κ3) is 30.0. The highest BCUT2D eigenvalue weighted by Crippen LogP contribution is 2.47. The van der Waals surface area contributed by atoms with Crippen molar-refractivity contribution in [1.82, 2.24) is 0 Å². The maximum atomic E-state index is 12.8. The molecule has 1 aliphatic rings. The highest BCUT2D eigenvalue weighted by atomic mass is 31.2. The number of aliphatic hydroxyl groups excluding tert-OH is 5. The molecule has 1 rings (SSSR count). The first-order valence-corrected chi connectivity index (χ1v) is 25.7. The maximum Gasteiger partial charge on any atom is 0.472 e. The first-order chi connectivity index (χ1) is 29.0. The van der Waals surface area contributed by atoms with Gasteiger partial charge >= 0.3 is 13.8 Å². The number of unbranched alkanes of at least 4 members (excludes halogenated alkanes) is 25. The first-order valence-electron chi connectivity index (χ1n) is 24.2. The van der Waals surface area contributed by atoms with Gasteiger partial charge in [0.15, 0.2) is 0 Å². The molecule has 0 aromatic carbocycles. The van der Waals surface area contributed by atoms with Crippen LogP contribution in [0.5, 0.6) is 0 Å². The fourth-order valence-corrected chi connectivity index (χ4v) is 8.36. The Bertz CT molecular complexity index is 1090. The van der Waals surface area contributed by atoms with Crippen LogP contribution in [0.2, 0.25) is 0 Å². The van der Waals surface area contributed by atoms with E-state index in [9.17, 15) is 39.8 Å². The van der Waals surface area contributed by atoms with Crippen molar-refractivity contribution < 1.29 is 58.3 Å². The van der Waals surface area contributed by atoms with Gasteiger partial charge in [-0.05, 0) is 57.8 Å². The van der Waals surface area contributed by atoms with Crippen LogP contribution in [0.1, 0.15) is 206 Å². The molecule has 6 unspecified atom stereocenters. The number of rotatable bonds is 41. The van der Waals surface area contributed by atoms with Gasteiger partial charge in [-0.25, -0.2) is 4.57 Å². The summed E-state index contributed by atoms with van der Waals surface area (Å²) in [5.41, 5.74) is 0. The minimum absolute atomic E-state index is 0.0785. The van der Waals surface area contributed by atoms with Crippen molar-refractivity contribution in [3.05, 3.63) is 24.3 Å². The minimum Gasteiger partial charge on any atom is -0.457 e. The molecule has 0 bridgehead atoms. The normalized spacial score (nSPS) is 22.5. The summed E-state index contributed by atoms with van der Waals surface area (Å²) in [7, 11) is -5.02. The molecule has 1 fully saturated rings. The summed E-state index contributed by atoms with van der Waals surface area (Å²) in [6.45, 7) is 4.22. The van der Waals surface area contributed by atoms with E-state index in [0.717, 1.165) is 57.8 Å².